The van der Waals surface area contributed by atoms with Crippen molar-refractivity contribution in [2.24, 2.45) is 11.8 Å². The minimum atomic E-state index is 0. The van der Waals surface area contributed by atoms with E-state index in [1.54, 1.807) is 0 Å². The first-order valence-corrected chi connectivity index (χ1v) is 16.9. The van der Waals surface area contributed by atoms with Crippen LogP contribution in [0, 0.1) is 38.7 Å². The molecule has 2 heterocycles. The Morgan fingerprint density at radius 2 is 1.57 bits per heavy atom. The molecule has 1 N–H and O–H groups in total. The smallest absolute Gasteiger partial charge is 0.162 e. The van der Waals surface area contributed by atoms with Crippen molar-refractivity contribution in [3.8, 4) is 22.6 Å². The number of carbonyl (C=O) groups excluding carboxylic acids is 1. The largest absolute Gasteiger partial charge is 0.512 e. The Kier molecular flexibility index (Phi) is 13.7. The van der Waals surface area contributed by atoms with Gasteiger partial charge < -0.3 is 9.52 Å². The first kappa shape index (κ1) is 37.9. The Labute approximate surface area is 295 Å². The van der Waals surface area contributed by atoms with Crippen LogP contribution in [0.3, 0.4) is 0 Å². The second-order valence-electron chi connectivity index (χ2n) is 12.8. The van der Waals surface area contributed by atoms with Crippen molar-refractivity contribution < 1.29 is 34.4 Å². The molecule has 4 nitrogen and oxygen atoms in total. The molecule has 0 aliphatic rings. The van der Waals surface area contributed by atoms with E-state index in [-0.39, 0.29) is 43.5 Å². The molecule has 0 saturated carbocycles. The van der Waals surface area contributed by atoms with E-state index in [4.69, 9.17) is 9.40 Å². The Hall–Kier alpha value is -3.53. The van der Waals surface area contributed by atoms with Gasteiger partial charge in [-0.1, -0.05) is 94.0 Å². The second-order valence-corrected chi connectivity index (χ2v) is 12.8. The number of aryl methyl sites for hydroxylation is 3. The van der Waals surface area contributed by atoms with Crippen LogP contribution >= 0.6 is 0 Å². The molecule has 47 heavy (non-hydrogen) atoms. The van der Waals surface area contributed by atoms with E-state index in [2.05, 4.69) is 71.0 Å². The Morgan fingerprint density at radius 1 is 0.915 bits per heavy atom. The number of furan rings is 1. The van der Waals surface area contributed by atoms with E-state index >= 15 is 0 Å². The molecule has 251 valence electrons. The number of aliphatic hydroxyl groups is 1. The number of nitrogens with zero attached hydrogens (tertiary/aromatic N) is 1. The number of pyridine rings is 1. The molecule has 0 bridgehead atoms. The second kappa shape index (κ2) is 17.0. The van der Waals surface area contributed by atoms with Gasteiger partial charge in [-0.05, 0) is 64.5 Å². The Bertz CT molecular complexity index is 1840. The summed E-state index contributed by atoms with van der Waals surface area (Å²) in [4.78, 5) is 16.4. The van der Waals surface area contributed by atoms with Crippen LogP contribution in [-0.2, 0) is 24.9 Å². The summed E-state index contributed by atoms with van der Waals surface area (Å²) in [6.07, 6.45) is 6.77. The number of allylic oxidation sites excluding steroid dienone is 2. The maximum atomic E-state index is 11.7. The summed E-state index contributed by atoms with van der Waals surface area (Å²) >= 11 is 0. The minimum Gasteiger partial charge on any atom is -0.512 e. The van der Waals surface area contributed by atoms with Gasteiger partial charge >= 0.3 is 0 Å². The minimum absolute atomic E-state index is 0. The summed E-state index contributed by atoms with van der Waals surface area (Å²) in [6.45, 7) is 19.0. The van der Waals surface area contributed by atoms with E-state index in [1.165, 1.54) is 28.2 Å². The van der Waals surface area contributed by atoms with Crippen LogP contribution < -0.4 is 0 Å². The van der Waals surface area contributed by atoms with E-state index in [0.717, 1.165) is 70.2 Å². The average Bonchev–Trinajstić information content (AvgIpc) is 3.38. The number of benzene rings is 3. The zero-order chi connectivity index (χ0) is 33.5. The maximum Gasteiger partial charge on any atom is 0.162 e. The summed E-state index contributed by atoms with van der Waals surface area (Å²) in [6, 6.07) is 22.7. The first-order chi connectivity index (χ1) is 22.0. The third kappa shape index (κ3) is 8.69. The zero-order valence-corrected chi connectivity index (χ0v) is 31.9. The molecule has 0 spiro atoms. The number of hydrogen-bond donors (Lipinski definition) is 1. The number of ketones is 1. The number of hydrogen-bond acceptors (Lipinski definition) is 4. The van der Waals surface area contributed by atoms with Crippen molar-refractivity contribution in [3.05, 3.63) is 101 Å². The van der Waals surface area contributed by atoms with Crippen molar-refractivity contribution in [2.75, 3.05) is 0 Å². The van der Waals surface area contributed by atoms with Gasteiger partial charge in [-0.15, -0.1) is 29.1 Å². The summed E-state index contributed by atoms with van der Waals surface area (Å²) in [5.74, 6) is 1.87. The molecule has 5 aromatic rings. The molecule has 0 atom stereocenters. The predicted octanol–water partition coefficient (Wildman–Crippen LogP) is 12.0. The Morgan fingerprint density at radius 3 is 2.19 bits per heavy atom. The number of para-hydroxylation sites is 1. The fourth-order valence-electron chi connectivity index (χ4n) is 6.40. The van der Waals surface area contributed by atoms with Gasteiger partial charge in [0.2, 0.25) is 0 Å². The molecule has 0 aliphatic carbocycles. The first-order valence-electron chi connectivity index (χ1n) is 16.9. The molecule has 5 heteroatoms. The third-order valence-electron chi connectivity index (χ3n) is 9.18. The summed E-state index contributed by atoms with van der Waals surface area (Å²) in [5.41, 5.74) is 8.96. The number of fused-ring (bicyclic) bond motifs is 2. The summed E-state index contributed by atoms with van der Waals surface area (Å²) < 4.78 is 6.20. The number of rotatable bonds is 10. The van der Waals surface area contributed by atoms with Gasteiger partial charge in [0.15, 0.2) is 5.78 Å². The van der Waals surface area contributed by atoms with Gasteiger partial charge in [0.1, 0.15) is 11.3 Å². The number of carbonyl (C=O) groups is 1. The molecule has 3 aromatic carbocycles. The SMILES string of the molecule is CCC(CC)C(=O)/C=C(\O)C(CC)CC.Cc1cc(C)c2c(C(C)C)cc(-c3cc(-c4oc5ccccc5c4C)ccn3)[c-]c2c1.[Ir]. The van der Waals surface area contributed by atoms with E-state index in [9.17, 15) is 9.90 Å². The van der Waals surface area contributed by atoms with E-state index < -0.39 is 0 Å². The molecule has 0 aliphatic heterocycles. The predicted molar refractivity (Wildman–Crippen MR) is 193 cm³/mol. The van der Waals surface area contributed by atoms with E-state index in [1.807, 2.05) is 58.2 Å². The monoisotopic (exact) mass is 809 g/mol. The molecule has 0 saturated heterocycles. The Balaban J connectivity index is 0.000000322. The maximum absolute atomic E-state index is 11.7. The van der Waals surface area contributed by atoms with Gasteiger partial charge in [0.05, 0.1) is 5.76 Å². The molecular weight excluding hydrogens is 759 g/mol. The molecule has 0 fully saturated rings. The van der Waals surface area contributed by atoms with Crippen LogP contribution in [-0.4, -0.2) is 15.9 Å². The van der Waals surface area contributed by atoms with Gasteiger partial charge in [0.25, 0.3) is 0 Å². The fraction of sp³-hybridized carbons (Fsp3) is 0.381. The molecule has 2 aromatic heterocycles. The molecule has 0 unspecified atom stereocenters. The van der Waals surface area contributed by atoms with Crippen molar-refractivity contribution in [1.82, 2.24) is 4.98 Å². The van der Waals surface area contributed by atoms with Crippen LogP contribution in [0.1, 0.15) is 95.4 Å². The topological polar surface area (TPSA) is 63.3 Å². The fourth-order valence-corrected chi connectivity index (χ4v) is 6.40. The van der Waals surface area contributed by atoms with Crippen LogP contribution in [0.25, 0.3) is 44.3 Å². The standard InChI is InChI=1S/C29H26NO.C13H24O2.Ir/c1-17(2)25-15-22(14-23-13-18(3)12-19(4)28(23)25)26-16-21(10-11-30-26)29-20(5)24-8-6-7-9-27(24)31-29;1-5-10(6-2)12(14)9-13(15)11(7-3)8-4;/h6-13,15-17H,1-5H3;9-11,14H,5-8H2,1-4H3;/q-1;;/b;12-9-;. The number of aromatic nitrogens is 1. The number of aliphatic hydroxyl groups excluding tert-OH is 1. The summed E-state index contributed by atoms with van der Waals surface area (Å²) in [5, 5.41) is 13.4. The van der Waals surface area contributed by atoms with Gasteiger partial charge in [0, 0.05) is 66.4 Å². The van der Waals surface area contributed by atoms with Gasteiger partial charge in [-0.2, -0.15) is 0 Å². The van der Waals surface area contributed by atoms with Crippen LogP contribution in [0.5, 0.6) is 0 Å². The van der Waals surface area contributed by atoms with Crippen molar-refractivity contribution in [2.45, 2.75) is 93.9 Å². The van der Waals surface area contributed by atoms with Crippen LogP contribution in [0.15, 0.2) is 77.0 Å². The quantitative estimate of drug-likeness (QED) is 0.0867. The van der Waals surface area contributed by atoms with Crippen molar-refractivity contribution in [3.63, 3.8) is 0 Å². The van der Waals surface area contributed by atoms with Crippen molar-refractivity contribution in [1.29, 1.82) is 0 Å². The van der Waals surface area contributed by atoms with Crippen LogP contribution in [0.2, 0.25) is 0 Å². The molecule has 0 amide bonds. The third-order valence-corrected chi connectivity index (χ3v) is 9.18. The average molecular weight is 809 g/mol. The zero-order valence-electron chi connectivity index (χ0n) is 29.5. The van der Waals surface area contributed by atoms with Crippen LogP contribution in [0.4, 0.5) is 0 Å². The summed E-state index contributed by atoms with van der Waals surface area (Å²) in [7, 11) is 0. The molecule has 1 radical (unpaired) electrons. The normalized spacial score (nSPS) is 11.7. The van der Waals surface area contributed by atoms with Gasteiger partial charge in [-0.3, -0.25) is 9.78 Å². The van der Waals surface area contributed by atoms with Crippen molar-refractivity contribution >= 4 is 27.5 Å². The van der Waals surface area contributed by atoms with Gasteiger partial charge in [-0.25, -0.2) is 0 Å². The molecular formula is C42H50IrNO3-. The van der Waals surface area contributed by atoms with E-state index in [0.29, 0.717) is 5.92 Å². The molecule has 5 rings (SSSR count).